The van der Waals surface area contributed by atoms with Crippen LogP contribution in [-0.4, -0.2) is 22.3 Å². The molecule has 1 saturated heterocycles. The van der Waals surface area contributed by atoms with Crippen molar-refractivity contribution in [2.45, 2.75) is 26.7 Å². The Morgan fingerprint density at radius 1 is 1.62 bits per heavy atom. The van der Waals surface area contributed by atoms with Gasteiger partial charge in [-0.1, -0.05) is 0 Å². The van der Waals surface area contributed by atoms with Gasteiger partial charge in [0.15, 0.2) is 0 Å². The van der Waals surface area contributed by atoms with Crippen LogP contribution in [-0.2, 0) is 15.5 Å². The highest BCUT2D eigenvalue weighted by atomic mass is 32.2. The van der Waals surface area contributed by atoms with Crippen LogP contribution in [0.3, 0.4) is 0 Å². The van der Waals surface area contributed by atoms with E-state index in [1.807, 2.05) is 13.8 Å². The van der Waals surface area contributed by atoms with Gasteiger partial charge in [-0.2, -0.15) is 0 Å². The van der Waals surface area contributed by atoms with Gasteiger partial charge in [0.05, 0.1) is 12.9 Å². The molecule has 2 nitrogen and oxygen atoms in total. The van der Waals surface area contributed by atoms with E-state index in [-0.39, 0.29) is 0 Å². The molecule has 1 heterocycles. The fraction of sp³-hybridized carbons (Fsp3) is 0.800. The van der Waals surface area contributed by atoms with Crippen LogP contribution >= 0.6 is 0 Å². The monoisotopic (exact) mass is 202 g/mol. The minimum absolute atomic E-state index is 0.538. The highest BCUT2D eigenvalue weighted by Gasteiger charge is 2.20. The van der Waals surface area contributed by atoms with Crippen LogP contribution in [0.25, 0.3) is 0 Å². The van der Waals surface area contributed by atoms with Crippen molar-refractivity contribution in [1.29, 1.82) is 0 Å². The molecule has 3 heteroatoms. The van der Waals surface area contributed by atoms with Crippen molar-refractivity contribution in [1.82, 2.24) is 0 Å². The largest absolute Gasteiger partial charge is 0.501 e. The van der Waals surface area contributed by atoms with Crippen molar-refractivity contribution in [3.05, 3.63) is 11.8 Å². The molecule has 2 atom stereocenters. The number of hydrogen-bond donors (Lipinski definition) is 0. The molecule has 0 radical (unpaired) electrons. The summed E-state index contributed by atoms with van der Waals surface area (Å²) in [5.74, 6) is 2.41. The number of ether oxygens (including phenoxy) is 1. The van der Waals surface area contributed by atoms with Crippen molar-refractivity contribution in [2.75, 3.05) is 18.1 Å². The third-order valence-corrected chi connectivity index (χ3v) is 3.67. The Morgan fingerprint density at radius 2 is 2.38 bits per heavy atom. The Morgan fingerprint density at radius 3 is 2.92 bits per heavy atom. The van der Waals surface area contributed by atoms with Gasteiger partial charge in [-0.05, 0) is 38.2 Å². The van der Waals surface area contributed by atoms with Crippen molar-refractivity contribution >= 4 is 10.8 Å². The molecule has 0 saturated carbocycles. The normalized spacial score (nSPS) is 27.2. The average Bonchev–Trinajstić information content (AvgIpc) is 2.45. The summed E-state index contributed by atoms with van der Waals surface area (Å²) < 4.78 is 16.4. The molecule has 2 unspecified atom stereocenters. The molecule has 0 spiro atoms. The highest BCUT2D eigenvalue weighted by Crippen LogP contribution is 2.18. The first-order valence-corrected chi connectivity index (χ1v) is 6.27. The summed E-state index contributed by atoms with van der Waals surface area (Å²) in [6.45, 7) is 4.81. The van der Waals surface area contributed by atoms with Crippen LogP contribution < -0.4 is 0 Å². The van der Waals surface area contributed by atoms with Gasteiger partial charge in [-0.25, -0.2) is 0 Å². The second-order valence-corrected chi connectivity index (χ2v) is 5.44. The van der Waals surface area contributed by atoms with Gasteiger partial charge < -0.3 is 4.74 Å². The summed E-state index contributed by atoms with van der Waals surface area (Å²) in [4.78, 5) is 0. The molecule has 0 N–H and O–H groups in total. The molecule has 1 aliphatic rings. The van der Waals surface area contributed by atoms with Crippen molar-refractivity contribution in [3.63, 3.8) is 0 Å². The van der Waals surface area contributed by atoms with Crippen molar-refractivity contribution in [2.24, 2.45) is 5.92 Å². The van der Waals surface area contributed by atoms with E-state index in [0.29, 0.717) is 5.92 Å². The first kappa shape index (κ1) is 10.8. The van der Waals surface area contributed by atoms with Crippen molar-refractivity contribution in [3.8, 4) is 0 Å². The second kappa shape index (κ2) is 5.43. The zero-order chi connectivity index (χ0) is 9.68. The maximum atomic E-state index is 11.1. The third kappa shape index (κ3) is 4.46. The van der Waals surface area contributed by atoms with E-state index in [1.54, 1.807) is 6.26 Å². The molecule has 0 aliphatic carbocycles. The SMILES string of the molecule is CC(C)=COCCC1CCS(=O)C1. The predicted molar refractivity (Wildman–Crippen MR) is 56.0 cm³/mol. The van der Waals surface area contributed by atoms with Crippen LogP contribution in [0.5, 0.6) is 0 Å². The summed E-state index contributed by atoms with van der Waals surface area (Å²) in [5, 5.41) is 0. The standard InChI is InChI=1S/C10H18O2S/c1-9(2)7-12-5-3-10-4-6-13(11)8-10/h7,10H,3-6,8H2,1-2H3. The van der Waals surface area contributed by atoms with Gasteiger partial charge in [0, 0.05) is 22.3 Å². The van der Waals surface area contributed by atoms with Gasteiger partial charge in [0.1, 0.15) is 0 Å². The summed E-state index contributed by atoms with van der Waals surface area (Å²) in [7, 11) is -0.538. The quantitative estimate of drug-likeness (QED) is 0.515. The van der Waals surface area contributed by atoms with Gasteiger partial charge in [0.2, 0.25) is 0 Å². The highest BCUT2D eigenvalue weighted by molar-refractivity contribution is 7.85. The maximum absolute atomic E-state index is 11.1. The summed E-state index contributed by atoms with van der Waals surface area (Å²) >= 11 is 0. The lowest BCUT2D eigenvalue weighted by molar-refractivity contribution is 0.224. The average molecular weight is 202 g/mol. The number of allylic oxidation sites excluding steroid dienone is 1. The van der Waals surface area contributed by atoms with Gasteiger partial charge >= 0.3 is 0 Å². The molecule has 0 aromatic rings. The lowest BCUT2D eigenvalue weighted by atomic mass is 10.1. The Labute approximate surface area is 82.8 Å². The Balaban J connectivity index is 2.06. The molecule has 76 valence electrons. The van der Waals surface area contributed by atoms with Crippen molar-refractivity contribution < 1.29 is 8.95 Å². The molecule has 13 heavy (non-hydrogen) atoms. The number of hydrogen-bond acceptors (Lipinski definition) is 2. The van der Waals surface area contributed by atoms with Gasteiger partial charge in [0.25, 0.3) is 0 Å². The molecule has 1 aliphatic heterocycles. The van der Waals surface area contributed by atoms with Gasteiger partial charge in [-0.3, -0.25) is 4.21 Å². The van der Waals surface area contributed by atoms with E-state index < -0.39 is 10.8 Å². The molecule has 0 amide bonds. The molecule has 0 bridgehead atoms. The van der Waals surface area contributed by atoms with E-state index in [4.69, 9.17) is 4.74 Å². The lowest BCUT2D eigenvalue weighted by Crippen LogP contribution is -2.03. The van der Waals surface area contributed by atoms with Gasteiger partial charge in [-0.15, -0.1) is 0 Å². The maximum Gasteiger partial charge on any atom is 0.0876 e. The first-order valence-electron chi connectivity index (χ1n) is 4.78. The topological polar surface area (TPSA) is 26.3 Å². The number of rotatable bonds is 4. The van der Waals surface area contributed by atoms with Crippen LogP contribution in [0, 0.1) is 5.92 Å². The van der Waals surface area contributed by atoms with Crippen LogP contribution in [0.2, 0.25) is 0 Å². The minimum atomic E-state index is -0.538. The van der Waals surface area contributed by atoms with E-state index in [2.05, 4.69) is 0 Å². The smallest absolute Gasteiger partial charge is 0.0876 e. The zero-order valence-electron chi connectivity index (χ0n) is 8.41. The summed E-state index contributed by atoms with van der Waals surface area (Å²) in [6.07, 6.45) is 3.96. The molecule has 0 aromatic carbocycles. The molecular weight excluding hydrogens is 184 g/mol. The first-order chi connectivity index (χ1) is 6.18. The Hall–Kier alpha value is -0.310. The third-order valence-electron chi connectivity index (χ3n) is 2.14. The Kier molecular flexibility index (Phi) is 4.50. The minimum Gasteiger partial charge on any atom is -0.501 e. The fourth-order valence-corrected chi connectivity index (χ4v) is 3.04. The predicted octanol–water partition coefficient (Wildman–Crippen LogP) is 2.09. The van der Waals surface area contributed by atoms with Crippen LogP contribution in [0.15, 0.2) is 11.8 Å². The van der Waals surface area contributed by atoms with E-state index >= 15 is 0 Å². The molecular formula is C10H18O2S. The van der Waals surface area contributed by atoms with E-state index in [9.17, 15) is 4.21 Å². The van der Waals surface area contributed by atoms with Crippen LogP contribution in [0.1, 0.15) is 26.7 Å². The molecule has 0 aromatic heterocycles. The van der Waals surface area contributed by atoms with Crippen LogP contribution in [0.4, 0.5) is 0 Å². The lowest BCUT2D eigenvalue weighted by Gasteiger charge is -2.06. The molecule has 1 fully saturated rings. The second-order valence-electron chi connectivity index (χ2n) is 3.82. The Bertz CT molecular complexity index is 207. The fourth-order valence-electron chi connectivity index (χ4n) is 1.42. The molecule has 1 rings (SSSR count). The summed E-state index contributed by atoms with van der Waals surface area (Å²) in [5.41, 5.74) is 1.19. The summed E-state index contributed by atoms with van der Waals surface area (Å²) in [6, 6.07) is 0. The van der Waals surface area contributed by atoms with E-state index in [1.165, 1.54) is 5.57 Å². The van der Waals surface area contributed by atoms with E-state index in [0.717, 1.165) is 31.0 Å². The zero-order valence-corrected chi connectivity index (χ0v) is 9.23.